The number of carbonyl (C=O) groups excluding carboxylic acids is 1. The first-order valence-electron chi connectivity index (χ1n) is 10.8. The number of ether oxygens (including phenoxy) is 1. The molecule has 10 nitrogen and oxygen atoms in total. The molecule has 1 amide bonds. The fourth-order valence-electron chi connectivity index (χ4n) is 4.03. The van der Waals surface area contributed by atoms with Crippen molar-refractivity contribution >= 4 is 23.1 Å². The van der Waals surface area contributed by atoms with Crippen molar-refractivity contribution in [3.63, 3.8) is 0 Å². The van der Waals surface area contributed by atoms with Crippen molar-refractivity contribution in [2.24, 2.45) is 0 Å². The Morgan fingerprint density at radius 1 is 1.27 bits per heavy atom. The van der Waals surface area contributed by atoms with Crippen molar-refractivity contribution in [1.82, 2.24) is 29.9 Å². The minimum absolute atomic E-state index is 0.227. The van der Waals surface area contributed by atoms with Crippen LogP contribution in [-0.4, -0.2) is 50.7 Å². The minimum atomic E-state index is -0.252. The SMILES string of the molecule is COc1cc(-c2cc(C(=O)NCCc3ccc4c(n3)NCCC4)c3c(N)ncnn23)ccn1. The number of pyridine rings is 2. The van der Waals surface area contributed by atoms with E-state index < -0.39 is 0 Å². The first-order valence-corrected chi connectivity index (χ1v) is 10.8. The normalized spacial score (nSPS) is 12.8. The molecule has 1 aliphatic rings. The molecule has 0 unspecified atom stereocenters. The molecule has 4 N–H and O–H groups in total. The van der Waals surface area contributed by atoms with E-state index in [-0.39, 0.29) is 11.7 Å². The molecule has 10 heteroatoms. The van der Waals surface area contributed by atoms with Crippen LogP contribution < -0.4 is 21.1 Å². The molecular weight excluding hydrogens is 420 g/mol. The van der Waals surface area contributed by atoms with E-state index >= 15 is 0 Å². The summed E-state index contributed by atoms with van der Waals surface area (Å²) >= 11 is 0. The third-order valence-corrected chi connectivity index (χ3v) is 5.69. The van der Waals surface area contributed by atoms with Crippen LogP contribution in [0, 0.1) is 0 Å². The second-order valence-corrected chi connectivity index (χ2v) is 7.78. The summed E-state index contributed by atoms with van der Waals surface area (Å²) in [4.78, 5) is 26.0. The standard InChI is InChI=1S/C23H24N8O2/c1-33-19-11-15(6-9-25-19)18-12-17(20-21(24)28-13-29-31(18)20)23(32)27-10-7-16-5-4-14-3-2-8-26-22(14)30-16/h4-6,9,11-13H,2-3,7-8,10H2,1H3,(H,26,30)(H,27,32)(H2,24,28,29). The van der Waals surface area contributed by atoms with Crippen LogP contribution in [0.25, 0.3) is 16.8 Å². The zero-order chi connectivity index (χ0) is 22.8. The Labute approximate surface area is 190 Å². The molecule has 0 saturated heterocycles. The summed E-state index contributed by atoms with van der Waals surface area (Å²) in [5.41, 5.74) is 10.6. The van der Waals surface area contributed by atoms with E-state index in [9.17, 15) is 4.79 Å². The van der Waals surface area contributed by atoms with Gasteiger partial charge in [0.1, 0.15) is 17.7 Å². The summed E-state index contributed by atoms with van der Waals surface area (Å²) in [7, 11) is 1.55. The number of hydrogen-bond donors (Lipinski definition) is 3. The van der Waals surface area contributed by atoms with Gasteiger partial charge in [-0.15, -0.1) is 0 Å². The van der Waals surface area contributed by atoms with Crippen molar-refractivity contribution in [2.45, 2.75) is 19.3 Å². The second-order valence-electron chi connectivity index (χ2n) is 7.78. The van der Waals surface area contributed by atoms with Gasteiger partial charge in [0, 0.05) is 43.0 Å². The van der Waals surface area contributed by atoms with E-state index in [2.05, 4.69) is 36.8 Å². The number of nitrogens with two attached hydrogens (primary N) is 1. The molecule has 0 saturated carbocycles. The zero-order valence-corrected chi connectivity index (χ0v) is 18.2. The fraction of sp³-hybridized carbons (Fsp3) is 0.261. The molecule has 5 rings (SSSR count). The number of hydrogen-bond acceptors (Lipinski definition) is 8. The molecule has 0 aromatic carbocycles. The third kappa shape index (κ3) is 4.02. The number of aryl methyl sites for hydroxylation is 1. The summed E-state index contributed by atoms with van der Waals surface area (Å²) in [6, 6.07) is 9.48. The Hall–Kier alpha value is -4.21. The Morgan fingerprint density at radius 3 is 3.06 bits per heavy atom. The molecule has 1 aliphatic heterocycles. The van der Waals surface area contributed by atoms with Crippen molar-refractivity contribution < 1.29 is 9.53 Å². The van der Waals surface area contributed by atoms with Gasteiger partial charge in [0.25, 0.3) is 5.91 Å². The van der Waals surface area contributed by atoms with Crippen LogP contribution in [0.15, 0.2) is 42.9 Å². The molecule has 5 heterocycles. The lowest BCUT2D eigenvalue weighted by Crippen LogP contribution is -2.26. The zero-order valence-electron chi connectivity index (χ0n) is 18.2. The Morgan fingerprint density at radius 2 is 2.18 bits per heavy atom. The molecular formula is C23H24N8O2. The van der Waals surface area contributed by atoms with Gasteiger partial charge >= 0.3 is 0 Å². The van der Waals surface area contributed by atoms with Crippen molar-refractivity contribution in [3.05, 3.63) is 59.7 Å². The number of nitrogens with one attached hydrogen (secondary N) is 2. The minimum Gasteiger partial charge on any atom is -0.481 e. The van der Waals surface area contributed by atoms with E-state index in [1.807, 2.05) is 12.1 Å². The Kier molecular flexibility index (Phi) is 5.47. The van der Waals surface area contributed by atoms with Gasteiger partial charge in [0.2, 0.25) is 5.88 Å². The number of rotatable bonds is 6. The lowest BCUT2D eigenvalue weighted by atomic mass is 10.1. The monoisotopic (exact) mass is 444 g/mol. The fourth-order valence-corrected chi connectivity index (χ4v) is 4.03. The van der Waals surface area contributed by atoms with E-state index in [0.717, 1.165) is 36.5 Å². The van der Waals surface area contributed by atoms with Gasteiger partial charge in [0.05, 0.1) is 18.4 Å². The lowest BCUT2D eigenvalue weighted by Gasteiger charge is -2.17. The van der Waals surface area contributed by atoms with Gasteiger partial charge in [0.15, 0.2) is 5.82 Å². The number of nitrogen functional groups attached to an aromatic ring is 1. The molecule has 4 aromatic rings. The summed E-state index contributed by atoms with van der Waals surface area (Å²) in [5, 5.41) is 10.6. The number of anilines is 2. The number of fused-ring (bicyclic) bond motifs is 2. The average molecular weight is 444 g/mol. The molecule has 0 spiro atoms. The van der Waals surface area contributed by atoms with Crippen LogP contribution in [0.1, 0.15) is 28.0 Å². The number of amides is 1. The molecule has 0 bridgehead atoms. The predicted octanol–water partition coefficient (Wildman–Crippen LogP) is 2.11. The number of nitrogens with zero attached hydrogens (tertiary/aromatic N) is 5. The maximum atomic E-state index is 13.1. The maximum Gasteiger partial charge on any atom is 0.253 e. The highest BCUT2D eigenvalue weighted by molar-refractivity contribution is 6.05. The molecule has 33 heavy (non-hydrogen) atoms. The van der Waals surface area contributed by atoms with Gasteiger partial charge in [-0.05, 0) is 36.6 Å². The van der Waals surface area contributed by atoms with Gasteiger partial charge in [-0.3, -0.25) is 4.79 Å². The summed E-state index contributed by atoms with van der Waals surface area (Å²) < 4.78 is 6.84. The van der Waals surface area contributed by atoms with Gasteiger partial charge in [-0.2, -0.15) is 5.10 Å². The lowest BCUT2D eigenvalue weighted by molar-refractivity contribution is 0.0956. The summed E-state index contributed by atoms with van der Waals surface area (Å²) in [6.07, 6.45) is 5.78. The van der Waals surface area contributed by atoms with Crippen molar-refractivity contribution in [2.75, 3.05) is 31.2 Å². The molecule has 168 valence electrons. The smallest absolute Gasteiger partial charge is 0.253 e. The number of aromatic nitrogens is 5. The molecule has 0 radical (unpaired) electrons. The quantitative estimate of drug-likeness (QED) is 0.412. The highest BCUT2D eigenvalue weighted by Gasteiger charge is 2.20. The topological polar surface area (TPSA) is 132 Å². The number of methoxy groups -OCH3 is 1. The van der Waals surface area contributed by atoms with E-state index in [0.29, 0.717) is 35.6 Å². The van der Waals surface area contributed by atoms with Crippen LogP contribution in [-0.2, 0) is 12.8 Å². The van der Waals surface area contributed by atoms with Crippen LogP contribution in [0.4, 0.5) is 11.6 Å². The van der Waals surface area contributed by atoms with Gasteiger partial charge in [-0.1, -0.05) is 6.07 Å². The molecule has 0 atom stereocenters. The Balaban J connectivity index is 1.38. The number of carbonyl (C=O) groups is 1. The van der Waals surface area contributed by atoms with Crippen LogP contribution >= 0.6 is 0 Å². The highest BCUT2D eigenvalue weighted by Crippen LogP contribution is 2.29. The first-order chi connectivity index (χ1) is 16.1. The van der Waals surface area contributed by atoms with E-state index in [1.165, 1.54) is 11.9 Å². The molecule has 0 aliphatic carbocycles. The second kappa shape index (κ2) is 8.73. The maximum absolute atomic E-state index is 13.1. The summed E-state index contributed by atoms with van der Waals surface area (Å²) in [6.45, 7) is 1.38. The van der Waals surface area contributed by atoms with Gasteiger partial charge in [-0.25, -0.2) is 19.5 Å². The predicted molar refractivity (Wildman–Crippen MR) is 124 cm³/mol. The third-order valence-electron chi connectivity index (χ3n) is 5.69. The summed E-state index contributed by atoms with van der Waals surface area (Å²) in [5.74, 6) is 1.38. The van der Waals surface area contributed by atoms with Crippen molar-refractivity contribution in [3.8, 4) is 17.1 Å². The largest absolute Gasteiger partial charge is 0.481 e. The average Bonchev–Trinajstić information content (AvgIpc) is 3.25. The van der Waals surface area contributed by atoms with Crippen LogP contribution in [0.2, 0.25) is 0 Å². The van der Waals surface area contributed by atoms with Gasteiger partial charge < -0.3 is 21.1 Å². The molecule has 4 aromatic heterocycles. The highest BCUT2D eigenvalue weighted by atomic mass is 16.5. The van der Waals surface area contributed by atoms with Crippen LogP contribution in [0.3, 0.4) is 0 Å². The first kappa shape index (κ1) is 20.7. The molecule has 0 fully saturated rings. The van der Waals surface area contributed by atoms with Crippen LogP contribution in [0.5, 0.6) is 5.88 Å². The van der Waals surface area contributed by atoms with Crippen molar-refractivity contribution in [1.29, 1.82) is 0 Å². The van der Waals surface area contributed by atoms with E-state index in [1.54, 1.807) is 30.0 Å². The Bertz CT molecular complexity index is 1330. The van der Waals surface area contributed by atoms with E-state index in [4.69, 9.17) is 10.5 Å².